The Morgan fingerprint density at radius 2 is 1.81 bits per heavy atom. The topological polar surface area (TPSA) is 33.4 Å². The molecule has 0 spiro atoms. The summed E-state index contributed by atoms with van der Waals surface area (Å²) in [5.74, 6) is 3.56. The number of hydrogen-bond donors (Lipinski definition) is 1. The molecule has 2 heteroatoms. The molecule has 2 aromatic rings. The van der Waals surface area contributed by atoms with Crippen molar-refractivity contribution in [3.63, 3.8) is 0 Å². The predicted molar refractivity (Wildman–Crippen MR) is 84.4 cm³/mol. The molecule has 0 amide bonds. The van der Waals surface area contributed by atoms with Crippen molar-refractivity contribution < 1.29 is 9.52 Å². The van der Waals surface area contributed by atoms with Crippen LogP contribution in [0.25, 0.3) is 0 Å². The summed E-state index contributed by atoms with van der Waals surface area (Å²) in [6.07, 6.45) is 1.25. The standard InChI is InChI=1S/C19H24O2/c1-12(2)15-6-4-14(5-7-15)11-17(20)19-9-8-18(21-19)16-10-13(16)3/h4-9,12-13,16-17,20H,10-11H2,1-3H3. The molecule has 1 N–H and O–H groups in total. The minimum absolute atomic E-state index is 0.539. The van der Waals surface area contributed by atoms with Gasteiger partial charge in [-0.2, -0.15) is 0 Å². The molecule has 1 fully saturated rings. The van der Waals surface area contributed by atoms with Crippen molar-refractivity contribution in [2.45, 2.75) is 51.6 Å². The second kappa shape index (κ2) is 5.69. The number of aliphatic hydroxyl groups is 1. The van der Waals surface area contributed by atoms with E-state index in [1.807, 2.05) is 12.1 Å². The zero-order valence-electron chi connectivity index (χ0n) is 13.0. The molecule has 0 bridgehead atoms. The van der Waals surface area contributed by atoms with Crippen LogP contribution in [-0.2, 0) is 6.42 Å². The van der Waals surface area contributed by atoms with Gasteiger partial charge in [-0.05, 0) is 41.5 Å². The summed E-state index contributed by atoms with van der Waals surface area (Å²) >= 11 is 0. The molecule has 112 valence electrons. The van der Waals surface area contributed by atoms with E-state index in [1.54, 1.807) is 0 Å². The normalized spacial score (nSPS) is 22.5. The molecule has 3 unspecified atom stereocenters. The first kappa shape index (κ1) is 14.4. The fourth-order valence-electron chi connectivity index (χ4n) is 2.83. The first-order valence-electron chi connectivity index (χ1n) is 7.91. The maximum absolute atomic E-state index is 10.3. The van der Waals surface area contributed by atoms with Gasteiger partial charge in [0.05, 0.1) is 0 Å². The monoisotopic (exact) mass is 284 g/mol. The van der Waals surface area contributed by atoms with Crippen molar-refractivity contribution in [2.75, 3.05) is 0 Å². The van der Waals surface area contributed by atoms with E-state index < -0.39 is 6.10 Å². The number of furan rings is 1. The Kier molecular flexibility index (Phi) is 3.90. The van der Waals surface area contributed by atoms with E-state index in [4.69, 9.17) is 4.42 Å². The highest BCUT2D eigenvalue weighted by Gasteiger charge is 2.36. The van der Waals surface area contributed by atoms with Gasteiger partial charge in [0.15, 0.2) is 0 Å². The molecule has 3 atom stereocenters. The Morgan fingerprint density at radius 1 is 1.14 bits per heavy atom. The third-order valence-electron chi connectivity index (χ3n) is 4.53. The summed E-state index contributed by atoms with van der Waals surface area (Å²) < 4.78 is 5.82. The van der Waals surface area contributed by atoms with Crippen LogP contribution < -0.4 is 0 Å². The van der Waals surface area contributed by atoms with Gasteiger partial charge in [-0.3, -0.25) is 0 Å². The Labute approximate surface area is 126 Å². The quantitative estimate of drug-likeness (QED) is 0.855. The Morgan fingerprint density at radius 3 is 2.38 bits per heavy atom. The summed E-state index contributed by atoms with van der Waals surface area (Å²) in [6, 6.07) is 12.4. The van der Waals surface area contributed by atoms with Gasteiger partial charge >= 0.3 is 0 Å². The van der Waals surface area contributed by atoms with Gasteiger partial charge in [0.25, 0.3) is 0 Å². The first-order chi connectivity index (χ1) is 10.0. The summed E-state index contributed by atoms with van der Waals surface area (Å²) in [5.41, 5.74) is 2.47. The van der Waals surface area contributed by atoms with Gasteiger partial charge in [0, 0.05) is 12.3 Å². The second-order valence-electron chi connectivity index (χ2n) is 6.68. The molecule has 0 saturated heterocycles. The Balaban J connectivity index is 1.65. The van der Waals surface area contributed by atoms with E-state index in [9.17, 15) is 5.11 Å². The third-order valence-corrected chi connectivity index (χ3v) is 4.53. The molecule has 2 nitrogen and oxygen atoms in total. The van der Waals surface area contributed by atoms with Crippen LogP contribution >= 0.6 is 0 Å². The van der Waals surface area contributed by atoms with Gasteiger partial charge in [0.1, 0.15) is 17.6 Å². The molecule has 0 radical (unpaired) electrons. The molecule has 1 heterocycles. The molecule has 1 aliphatic rings. The average Bonchev–Trinajstić information content (AvgIpc) is 3.01. The smallest absolute Gasteiger partial charge is 0.133 e. The molecular weight excluding hydrogens is 260 g/mol. The van der Waals surface area contributed by atoms with Crippen molar-refractivity contribution in [1.29, 1.82) is 0 Å². The van der Waals surface area contributed by atoms with Crippen LogP contribution in [0, 0.1) is 5.92 Å². The number of benzene rings is 1. The minimum atomic E-state index is -0.558. The van der Waals surface area contributed by atoms with E-state index in [0.29, 0.717) is 24.0 Å². The summed E-state index contributed by atoms with van der Waals surface area (Å²) in [7, 11) is 0. The molecule has 1 aliphatic carbocycles. The fourth-order valence-corrected chi connectivity index (χ4v) is 2.83. The highest BCUT2D eigenvalue weighted by atomic mass is 16.4. The van der Waals surface area contributed by atoms with Crippen molar-refractivity contribution >= 4 is 0 Å². The van der Waals surface area contributed by atoms with Crippen LogP contribution in [0.5, 0.6) is 0 Å². The Hall–Kier alpha value is -1.54. The number of hydrogen-bond acceptors (Lipinski definition) is 2. The first-order valence-corrected chi connectivity index (χ1v) is 7.91. The number of rotatable bonds is 5. The van der Waals surface area contributed by atoms with Crippen molar-refractivity contribution in [3.05, 3.63) is 59.0 Å². The van der Waals surface area contributed by atoms with Crippen LogP contribution in [0.15, 0.2) is 40.8 Å². The third kappa shape index (κ3) is 3.21. The molecule has 0 aliphatic heterocycles. The van der Waals surface area contributed by atoms with Gasteiger partial charge in [-0.25, -0.2) is 0 Å². The lowest BCUT2D eigenvalue weighted by Gasteiger charge is -2.10. The maximum Gasteiger partial charge on any atom is 0.133 e. The van der Waals surface area contributed by atoms with Crippen LogP contribution in [-0.4, -0.2) is 5.11 Å². The highest BCUT2D eigenvalue weighted by molar-refractivity contribution is 5.26. The summed E-state index contributed by atoms with van der Waals surface area (Å²) in [5, 5.41) is 10.3. The Bertz CT molecular complexity index is 594. The molecular formula is C19H24O2. The van der Waals surface area contributed by atoms with E-state index in [2.05, 4.69) is 45.0 Å². The highest BCUT2D eigenvalue weighted by Crippen LogP contribution is 2.47. The number of aliphatic hydroxyl groups excluding tert-OH is 1. The molecule has 21 heavy (non-hydrogen) atoms. The predicted octanol–water partition coefficient (Wildman–Crippen LogP) is 4.80. The van der Waals surface area contributed by atoms with Gasteiger partial charge < -0.3 is 9.52 Å². The molecule has 1 aromatic heterocycles. The molecule has 1 aromatic carbocycles. The average molecular weight is 284 g/mol. The van der Waals surface area contributed by atoms with E-state index in [1.165, 1.54) is 12.0 Å². The van der Waals surface area contributed by atoms with Crippen LogP contribution in [0.2, 0.25) is 0 Å². The fraction of sp³-hybridized carbons (Fsp3) is 0.474. The van der Waals surface area contributed by atoms with Crippen molar-refractivity contribution in [2.24, 2.45) is 5.92 Å². The summed E-state index contributed by atoms with van der Waals surface area (Å²) in [6.45, 7) is 6.61. The maximum atomic E-state index is 10.3. The zero-order chi connectivity index (χ0) is 15.0. The van der Waals surface area contributed by atoms with E-state index in [0.717, 1.165) is 17.2 Å². The molecule has 1 saturated carbocycles. The van der Waals surface area contributed by atoms with Gasteiger partial charge in [0.2, 0.25) is 0 Å². The van der Waals surface area contributed by atoms with Crippen LogP contribution in [0.4, 0.5) is 0 Å². The molecule has 3 rings (SSSR count). The zero-order valence-corrected chi connectivity index (χ0v) is 13.0. The van der Waals surface area contributed by atoms with Crippen LogP contribution in [0.1, 0.15) is 67.8 Å². The van der Waals surface area contributed by atoms with Crippen LogP contribution in [0.3, 0.4) is 0 Å². The van der Waals surface area contributed by atoms with Crippen molar-refractivity contribution in [3.8, 4) is 0 Å². The second-order valence-corrected chi connectivity index (χ2v) is 6.68. The largest absolute Gasteiger partial charge is 0.463 e. The summed E-state index contributed by atoms with van der Waals surface area (Å²) in [4.78, 5) is 0. The van der Waals surface area contributed by atoms with Gasteiger partial charge in [-0.1, -0.05) is 45.0 Å². The SMILES string of the molecule is CC(C)c1ccc(CC(O)c2ccc(C3CC3C)o2)cc1. The lowest BCUT2D eigenvalue weighted by molar-refractivity contribution is 0.148. The van der Waals surface area contributed by atoms with Crippen molar-refractivity contribution in [1.82, 2.24) is 0 Å². The lowest BCUT2D eigenvalue weighted by Crippen LogP contribution is -2.00. The van der Waals surface area contributed by atoms with E-state index in [-0.39, 0.29) is 0 Å². The van der Waals surface area contributed by atoms with E-state index >= 15 is 0 Å². The minimum Gasteiger partial charge on any atom is -0.463 e. The van der Waals surface area contributed by atoms with Gasteiger partial charge in [-0.15, -0.1) is 0 Å². The lowest BCUT2D eigenvalue weighted by atomic mass is 9.99.